The third-order valence-corrected chi connectivity index (χ3v) is 5.95. The Hall–Kier alpha value is -2.75. The third kappa shape index (κ3) is 4.55. The predicted molar refractivity (Wildman–Crippen MR) is 118 cm³/mol. The largest absolute Gasteiger partial charge is 0.423 e. The van der Waals surface area contributed by atoms with Gasteiger partial charge in [0.05, 0.1) is 25.5 Å². The molecule has 3 aromatic rings. The number of anilines is 3. The number of hydrogen-bond acceptors (Lipinski definition) is 7. The van der Waals surface area contributed by atoms with E-state index < -0.39 is 6.43 Å². The van der Waals surface area contributed by atoms with Crippen LogP contribution < -0.4 is 10.2 Å². The molecule has 2 aromatic heterocycles. The van der Waals surface area contributed by atoms with Crippen LogP contribution in [0.5, 0.6) is 0 Å². The molecule has 10 heteroatoms. The van der Waals surface area contributed by atoms with E-state index in [-0.39, 0.29) is 17.4 Å². The van der Waals surface area contributed by atoms with Crippen LogP contribution in [0.1, 0.15) is 12.0 Å². The molecule has 0 radical (unpaired) electrons. The maximum absolute atomic E-state index is 13.6. The number of hydrogen-bond donors (Lipinski definition) is 1. The zero-order chi connectivity index (χ0) is 22.1. The van der Waals surface area contributed by atoms with Crippen LogP contribution in [0.4, 0.5) is 26.4 Å². The van der Waals surface area contributed by atoms with Crippen molar-refractivity contribution in [3.05, 3.63) is 53.2 Å². The molecular formula is C22H22ClF2N5O2. The number of alkyl halides is 2. The standard InChI is InChI=1S/C22H22ClF2N5O2/c23-16-3-1-2-14(8-16)18-11-26-22(32-18)28-19-9-15(21(24)25)10-20(27-19)30-6-4-29(5-7-30)17-12-31-13-17/h1-3,8-11,17,21H,4-7,12-13H2,(H,26,27,28). The highest BCUT2D eigenvalue weighted by atomic mass is 35.5. The number of aromatic nitrogens is 2. The summed E-state index contributed by atoms with van der Waals surface area (Å²) in [6.07, 6.45) is -1.06. The van der Waals surface area contributed by atoms with Crippen LogP contribution in [0.15, 0.2) is 47.0 Å². The van der Waals surface area contributed by atoms with Crippen LogP contribution in [-0.2, 0) is 4.74 Å². The fourth-order valence-electron chi connectivity index (χ4n) is 3.86. The van der Waals surface area contributed by atoms with Gasteiger partial charge in [0.15, 0.2) is 5.76 Å². The van der Waals surface area contributed by atoms with Crippen molar-refractivity contribution in [2.75, 3.05) is 49.6 Å². The summed E-state index contributed by atoms with van der Waals surface area (Å²) < 4.78 is 38.1. The van der Waals surface area contributed by atoms with E-state index in [9.17, 15) is 8.78 Å². The smallest absolute Gasteiger partial charge is 0.300 e. The Morgan fingerprint density at radius 2 is 1.91 bits per heavy atom. The molecule has 0 saturated carbocycles. The van der Waals surface area contributed by atoms with Gasteiger partial charge in [0, 0.05) is 42.3 Å². The van der Waals surface area contributed by atoms with Crippen LogP contribution in [-0.4, -0.2) is 60.3 Å². The van der Waals surface area contributed by atoms with Gasteiger partial charge in [-0.3, -0.25) is 10.2 Å². The van der Waals surface area contributed by atoms with Crippen LogP contribution in [0.25, 0.3) is 11.3 Å². The number of piperazine rings is 1. The van der Waals surface area contributed by atoms with Gasteiger partial charge in [-0.25, -0.2) is 18.7 Å². The summed E-state index contributed by atoms with van der Waals surface area (Å²) in [5.41, 5.74) is 0.664. The van der Waals surface area contributed by atoms with E-state index in [4.69, 9.17) is 20.8 Å². The van der Waals surface area contributed by atoms with E-state index in [1.54, 1.807) is 18.3 Å². The average Bonchev–Trinajstić information content (AvgIpc) is 3.21. The minimum absolute atomic E-state index is 0.103. The van der Waals surface area contributed by atoms with E-state index in [0.29, 0.717) is 35.7 Å². The molecule has 0 unspecified atom stereocenters. The SMILES string of the molecule is FC(F)c1cc(Nc2ncc(-c3cccc(Cl)c3)o2)nc(N2CCN(C3COC3)CC2)c1. The molecule has 2 aliphatic heterocycles. The van der Waals surface area contributed by atoms with Crippen molar-refractivity contribution in [1.29, 1.82) is 0 Å². The average molecular weight is 462 g/mol. The van der Waals surface area contributed by atoms with Gasteiger partial charge in [-0.05, 0) is 24.3 Å². The number of ether oxygens (including phenoxy) is 1. The molecule has 0 spiro atoms. The second-order valence-corrected chi connectivity index (χ2v) is 8.26. The number of nitrogens with zero attached hydrogens (tertiary/aromatic N) is 4. The van der Waals surface area contributed by atoms with Gasteiger partial charge in [-0.15, -0.1) is 0 Å². The highest BCUT2D eigenvalue weighted by Crippen LogP contribution is 2.30. The van der Waals surface area contributed by atoms with Gasteiger partial charge >= 0.3 is 6.01 Å². The van der Waals surface area contributed by atoms with Crippen molar-refractivity contribution in [3.8, 4) is 11.3 Å². The van der Waals surface area contributed by atoms with Gasteiger partial charge in [-0.2, -0.15) is 0 Å². The van der Waals surface area contributed by atoms with Crippen LogP contribution in [0.2, 0.25) is 5.02 Å². The van der Waals surface area contributed by atoms with E-state index >= 15 is 0 Å². The fourth-order valence-corrected chi connectivity index (χ4v) is 4.05. The summed E-state index contributed by atoms with van der Waals surface area (Å²) in [6, 6.07) is 10.6. The number of pyridine rings is 1. The van der Waals surface area contributed by atoms with Crippen molar-refractivity contribution in [2.45, 2.75) is 12.5 Å². The minimum Gasteiger partial charge on any atom is -0.423 e. The maximum atomic E-state index is 13.6. The molecule has 1 N–H and O–H groups in total. The normalized spacial score (nSPS) is 17.6. The van der Waals surface area contributed by atoms with Crippen LogP contribution >= 0.6 is 11.6 Å². The van der Waals surface area contributed by atoms with Gasteiger partial charge < -0.3 is 14.1 Å². The fraction of sp³-hybridized carbons (Fsp3) is 0.364. The molecule has 0 atom stereocenters. The molecule has 0 aliphatic carbocycles. The first kappa shape index (κ1) is 21.1. The van der Waals surface area contributed by atoms with E-state index in [1.165, 1.54) is 12.1 Å². The lowest BCUT2D eigenvalue weighted by atomic mass is 10.1. The van der Waals surface area contributed by atoms with Gasteiger partial charge in [-0.1, -0.05) is 23.7 Å². The van der Waals surface area contributed by atoms with Crippen molar-refractivity contribution in [2.24, 2.45) is 0 Å². The highest BCUT2D eigenvalue weighted by Gasteiger charge is 2.29. The highest BCUT2D eigenvalue weighted by molar-refractivity contribution is 6.30. The summed E-state index contributed by atoms with van der Waals surface area (Å²) in [4.78, 5) is 13.2. The first-order valence-electron chi connectivity index (χ1n) is 10.4. The van der Waals surface area contributed by atoms with Gasteiger partial charge in [0.25, 0.3) is 6.43 Å². The lowest BCUT2D eigenvalue weighted by molar-refractivity contribution is -0.0661. The molecule has 0 bridgehead atoms. The molecular weight excluding hydrogens is 440 g/mol. The Morgan fingerprint density at radius 3 is 2.59 bits per heavy atom. The first-order chi connectivity index (χ1) is 15.5. The Balaban J connectivity index is 1.33. The lowest BCUT2D eigenvalue weighted by Crippen LogP contribution is -2.56. The third-order valence-electron chi connectivity index (χ3n) is 5.71. The molecule has 1 aromatic carbocycles. The summed E-state index contributed by atoms with van der Waals surface area (Å²) >= 11 is 6.03. The molecule has 5 rings (SSSR count). The molecule has 32 heavy (non-hydrogen) atoms. The predicted octanol–water partition coefficient (Wildman–Crippen LogP) is 4.59. The molecule has 2 saturated heterocycles. The summed E-state index contributed by atoms with van der Waals surface area (Å²) in [6.45, 7) is 4.66. The summed E-state index contributed by atoms with van der Waals surface area (Å²) in [5.74, 6) is 1.28. The number of nitrogens with one attached hydrogen (secondary N) is 1. The quantitative estimate of drug-likeness (QED) is 0.575. The van der Waals surface area contributed by atoms with Gasteiger partial charge in [0.1, 0.15) is 11.6 Å². The second-order valence-electron chi connectivity index (χ2n) is 7.82. The van der Waals surface area contributed by atoms with E-state index in [0.717, 1.165) is 31.9 Å². The van der Waals surface area contributed by atoms with E-state index in [1.807, 2.05) is 17.0 Å². The summed E-state index contributed by atoms with van der Waals surface area (Å²) in [5, 5.41) is 3.50. The molecule has 7 nitrogen and oxygen atoms in total. The number of halogens is 3. The van der Waals surface area contributed by atoms with Crippen molar-refractivity contribution in [1.82, 2.24) is 14.9 Å². The Morgan fingerprint density at radius 1 is 1.09 bits per heavy atom. The molecule has 0 amide bonds. The van der Waals surface area contributed by atoms with E-state index in [2.05, 4.69) is 20.2 Å². The topological polar surface area (TPSA) is 66.7 Å². The Labute approximate surface area is 189 Å². The zero-order valence-corrected chi connectivity index (χ0v) is 17.9. The molecule has 168 valence electrons. The molecule has 2 fully saturated rings. The van der Waals surface area contributed by atoms with Crippen LogP contribution in [0.3, 0.4) is 0 Å². The monoisotopic (exact) mass is 461 g/mol. The second kappa shape index (κ2) is 9.01. The number of benzene rings is 1. The zero-order valence-electron chi connectivity index (χ0n) is 17.2. The molecule has 2 aliphatic rings. The summed E-state index contributed by atoms with van der Waals surface area (Å²) in [7, 11) is 0. The number of oxazole rings is 1. The Bertz CT molecular complexity index is 1080. The van der Waals surface area contributed by atoms with Crippen LogP contribution in [0, 0.1) is 0 Å². The van der Waals surface area contributed by atoms with Crippen molar-refractivity contribution >= 4 is 29.3 Å². The maximum Gasteiger partial charge on any atom is 0.300 e. The first-order valence-corrected chi connectivity index (χ1v) is 10.8. The van der Waals surface area contributed by atoms with Crippen molar-refractivity contribution < 1.29 is 17.9 Å². The van der Waals surface area contributed by atoms with Crippen molar-refractivity contribution in [3.63, 3.8) is 0 Å². The number of rotatable bonds is 6. The molecule has 4 heterocycles. The lowest BCUT2D eigenvalue weighted by Gasteiger charge is -2.42. The minimum atomic E-state index is -2.61. The Kier molecular flexibility index (Phi) is 5.95. The van der Waals surface area contributed by atoms with Gasteiger partial charge in [0.2, 0.25) is 0 Å².